The van der Waals surface area contributed by atoms with Crippen LogP contribution in [0.25, 0.3) is 0 Å². The topological polar surface area (TPSA) is 64.9 Å². The second-order valence-electron chi connectivity index (χ2n) is 4.46. The molecule has 1 saturated heterocycles. The van der Waals surface area contributed by atoms with E-state index in [1.54, 1.807) is 6.92 Å². The van der Waals surface area contributed by atoms with Crippen molar-refractivity contribution in [1.29, 1.82) is 0 Å². The van der Waals surface area contributed by atoms with Crippen LogP contribution in [0.2, 0.25) is 0 Å². The lowest BCUT2D eigenvalue weighted by Crippen LogP contribution is -2.17. The lowest BCUT2D eigenvalue weighted by atomic mass is 10.1. The maximum absolute atomic E-state index is 12.5. The highest BCUT2D eigenvalue weighted by Crippen LogP contribution is 2.37. The van der Waals surface area contributed by atoms with E-state index in [0.29, 0.717) is 12.7 Å². The first-order chi connectivity index (χ1) is 8.71. The normalized spacial score (nSPS) is 22.1. The Morgan fingerprint density at radius 3 is 2.63 bits per heavy atom. The lowest BCUT2D eigenvalue weighted by Gasteiger charge is -2.11. The molecule has 2 rings (SSSR count). The minimum absolute atomic E-state index is 0.0548. The maximum atomic E-state index is 12.5. The van der Waals surface area contributed by atoms with Crippen LogP contribution in [0.4, 0.5) is 18.9 Å². The molecule has 0 aliphatic carbocycles. The van der Waals surface area contributed by atoms with Crippen molar-refractivity contribution in [2.45, 2.75) is 18.7 Å². The van der Waals surface area contributed by atoms with Crippen LogP contribution in [0.15, 0.2) is 18.2 Å². The number of epoxide rings is 1. The van der Waals surface area contributed by atoms with Gasteiger partial charge in [-0.15, -0.1) is 0 Å². The molecule has 0 amide bonds. The fraction of sp³-hybridized carbons (Fsp3) is 0.455. The van der Waals surface area contributed by atoms with Crippen molar-refractivity contribution in [2.24, 2.45) is 0 Å². The van der Waals surface area contributed by atoms with E-state index in [4.69, 9.17) is 9.47 Å². The molecule has 5 nitrogen and oxygen atoms in total. The van der Waals surface area contributed by atoms with Crippen LogP contribution in [0.3, 0.4) is 0 Å². The molecule has 1 aromatic rings. The third-order valence-corrected chi connectivity index (χ3v) is 2.65. The molecule has 0 spiro atoms. The predicted molar refractivity (Wildman–Crippen MR) is 58.0 cm³/mol. The molecule has 104 valence electrons. The number of ether oxygens (including phenoxy) is 2. The van der Waals surface area contributed by atoms with Crippen molar-refractivity contribution in [1.82, 2.24) is 0 Å². The van der Waals surface area contributed by atoms with Gasteiger partial charge in [0.2, 0.25) is 0 Å². The van der Waals surface area contributed by atoms with E-state index in [1.165, 1.54) is 0 Å². The molecule has 0 bridgehead atoms. The highest BCUT2D eigenvalue weighted by molar-refractivity contribution is 5.49. The van der Waals surface area contributed by atoms with Crippen molar-refractivity contribution < 1.29 is 27.6 Å². The third kappa shape index (κ3) is 3.14. The minimum atomic E-state index is -4.63. The van der Waals surface area contributed by atoms with E-state index in [9.17, 15) is 23.3 Å². The predicted octanol–water partition coefficient (Wildman–Crippen LogP) is 2.78. The smallest absolute Gasteiger partial charge is 0.416 e. The average Bonchev–Trinajstić information content (AvgIpc) is 3.04. The van der Waals surface area contributed by atoms with E-state index in [0.717, 1.165) is 12.1 Å². The van der Waals surface area contributed by atoms with Crippen LogP contribution in [-0.2, 0) is 10.9 Å². The number of hydrogen-bond donors (Lipinski definition) is 0. The largest absolute Gasteiger partial charge is 0.484 e. The van der Waals surface area contributed by atoms with Gasteiger partial charge in [0.25, 0.3) is 0 Å². The number of nitrogens with zero attached hydrogens (tertiary/aromatic N) is 1. The summed E-state index contributed by atoms with van der Waals surface area (Å²) >= 11 is 0. The Morgan fingerprint density at radius 2 is 2.16 bits per heavy atom. The van der Waals surface area contributed by atoms with E-state index in [-0.39, 0.29) is 12.4 Å². The van der Waals surface area contributed by atoms with Crippen LogP contribution in [0.5, 0.6) is 5.75 Å². The molecule has 1 unspecified atom stereocenters. The zero-order valence-electron chi connectivity index (χ0n) is 9.86. The van der Waals surface area contributed by atoms with Crippen LogP contribution < -0.4 is 4.74 Å². The van der Waals surface area contributed by atoms with Crippen LogP contribution in [0.1, 0.15) is 12.5 Å². The molecule has 0 saturated carbocycles. The quantitative estimate of drug-likeness (QED) is 0.482. The zero-order valence-corrected chi connectivity index (χ0v) is 9.86. The highest BCUT2D eigenvalue weighted by atomic mass is 19.4. The average molecular weight is 277 g/mol. The maximum Gasteiger partial charge on any atom is 0.416 e. The number of alkyl halides is 3. The van der Waals surface area contributed by atoms with Crippen molar-refractivity contribution in [2.75, 3.05) is 13.2 Å². The standard InChI is InChI=1S/C11H10F3NO4/c1-10(6-19-10)5-18-9-3-2-7(11(12,13)14)4-8(9)15(16)17/h2-4H,5-6H2,1H3. The summed E-state index contributed by atoms with van der Waals surface area (Å²) in [5.41, 5.74) is -2.30. The van der Waals surface area contributed by atoms with E-state index < -0.39 is 28.0 Å². The highest BCUT2D eigenvalue weighted by Gasteiger charge is 2.41. The number of nitro groups is 1. The molecule has 1 aliphatic rings. The first-order valence-corrected chi connectivity index (χ1v) is 5.34. The van der Waals surface area contributed by atoms with Gasteiger partial charge in [0.05, 0.1) is 17.1 Å². The van der Waals surface area contributed by atoms with Crippen molar-refractivity contribution in [3.8, 4) is 5.75 Å². The van der Waals surface area contributed by atoms with Gasteiger partial charge in [0.15, 0.2) is 5.75 Å². The zero-order chi connectivity index (χ0) is 14.3. The molecule has 0 aromatic heterocycles. The fourth-order valence-corrected chi connectivity index (χ4v) is 1.40. The Morgan fingerprint density at radius 1 is 1.53 bits per heavy atom. The number of hydrogen-bond acceptors (Lipinski definition) is 4. The molecule has 8 heteroatoms. The van der Waals surface area contributed by atoms with Gasteiger partial charge in [-0.05, 0) is 19.1 Å². The summed E-state index contributed by atoms with van der Waals surface area (Å²) in [5, 5.41) is 10.8. The summed E-state index contributed by atoms with van der Waals surface area (Å²) in [6, 6.07) is 2.16. The molecule has 1 aliphatic heterocycles. The van der Waals surface area contributed by atoms with Gasteiger partial charge in [0.1, 0.15) is 12.2 Å². The van der Waals surface area contributed by atoms with E-state index in [2.05, 4.69) is 0 Å². The Hall–Kier alpha value is -1.83. The van der Waals surface area contributed by atoms with Crippen molar-refractivity contribution in [3.63, 3.8) is 0 Å². The van der Waals surface area contributed by atoms with Gasteiger partial charge >= 0.3 is 11.9 Å². The number of rotatable bonds is 4. The van der Waals surface area contributed by atoms with Crippen molar-refractivity contribution in [3.05, 3.63) is 33.9 Å². The Balaban J connectivity index is 2.25. The Kier molecular flexibility index (Phi) is 3.13. The summed E-state index contributed by atoms with van der Waals surface area (Å²) in [6.45, 7) is 2.25. The van der Waals surface area contributed by atoms with Gasteiger partial charge in [-0.2, -0.15) is 13.2 Å². The van der Waals surface area contributed by atoms with Gasteiger partial charge in [-0.1, -0.05) is 0 Å². The molecule has 19 heavy (non-hydrogen) atoms. The van der Waals surface area contributed by atoms with E-state index in [1.807, 2.05) is 0 Å². The van der Waals surface area contributed by atoms with Crippen LogP contribution in [-0.4, -0.2) is 23.7 Å². The summed E-state index contributed by atoms with van der Waals surface area (Å²) in [6.07, 6.45) is -4.63. The van der Waals surface area contributed by atoms with Crippen molar-refractivity contribution >= 4 is 5.69 Å². The number of halogens is 3. The molecule has 0 radical (unpaired) electrons. The first-order valence-electron chi connectivity index (χ1n) is 5.34. The van der Waals surface area contributed by atoms with Gasteiger partial charge < -0.3 is 9.47 Å². The third-order valence-electron chi connectivity index (χ3n) is 2.65. The number of nitro benzene ring substituents is 1. The molecule has 0 N–H and O–H groups in total. The molecule has 1 atom stereocenters. The Labute approximate surface area is 106 Å². The summed E-state index contributed by atoms with van der Waals surface area (Å²) < 4.78 is 47.6. The summed E-state index contributed by atoms with van der Waals surface area (Å²) in [4.78, 5) is 9.87. The second-order valence-corrected chi connectivity index (χ2v) is 4.46. The summed E-state index contributed by atoms with van der Waals surface area (Å²) in [7, 11) is 0. The lowest BCUT2D eigenvalue weighted by molar-refractivity contribution is -0.386. The molecular weight excluding hydrogens is 267 g/mol. The minimum Gasteiger partial charge on any atom is -0.484 e. The Bertz CT molecular complexity index is 511. The summed E-state index contributed by atoms with van der Waals surface area (Å²) in [5.74, 6) is -0.199. The molecule has 1 aromatic carbocycles. The molecular formula is C11H10F3NO4. The van der Waals surface area contributed by atoms with Crippen LogP contribution in [0, 0.1) is 10.1 Å². The fourth-order valence-electron chi connectivity index (χ4n) is 1.40. The monoisotopic (exact) mass is 277 g/mol. The van der Waals surface area contributed by atoms with Crippen LogP contribution >= 0.6 is 0 Å². The second kappa shape index (κ2) is 4.37. The van der Waals surface area contributed by atoms with Gasteiger partial charge in [-0.3, -0.25) is 10.1 Å². The molecule has 1 heterocycles. The van der Waals surface area contributed by atoms with Gasteiger partial charge in [0, 0.05) is 6.07 Å². The first kappa shape index (κ1) is 13.6. The molecule has 1 fully saturated rings. The van der Waals surface area contributed by atoms with Gasteiger partial charge in [-0.25, -0.2) is 0 Å². The number of benzene rings is 1. The SMILES string of the molecule is CC1(COc2ccc(C(F)(F)F)cc2[N+](=O)[O-])CO1. The van der Waals surface area contributed by atoms with E-state index >= 15 is 0 Å².